The molecule has 2 N–H and O–H groups in total. The summed E-state index contributed by atoms with van der Waals surface area (Å²) in [5, 5.41) is 9.05. The van der Waals surface area contributed by atoms with Crippen molar-refractivity contribution in [1.82, 2.24) is 4.72 Å². The first kappa shape index (κ1) is 15.4. The molecule has 0 saturated carbocycles. The quantitative estimate of drug-likeness (QED) is 0.827. The molecule has 1 aromatic carbocycles. The lowest BCUT2D eigenvalue weighted by Crippen LogP contribution is -2.36. The third-order valence-electron chi connectivity index (χ3n) is 3.34. The molecular formula is C14H21NO4S. The Balaban J connectivity index is 1.89. The molecule has 0 radical (unpaired) electrons. The average Bonchev–Trinajstić information content (AvgIpc) is 2.46. The van der Waals surface area contributed by atoms with Crippen molar-refractivity contribution in [2.45, 2.75) is 37.7 Å². The Labute approximate surface area is 120 Å². The lowest BCUT2D eigenvalue weighted by Gasteiger charge is -2.22. The second kappa shape index (κ2) is 7.17. The maximum Gasteiger partial charge on any atom is 0.215 e. The summed E-state index contributed by atoms with van der Waals surface area (Å²) in [7, 11) is -3.37. The highest BCUT2D eigenvalue weighted by atomic mass is 32.2. The molecule has 1 aliphatic rings. The first-order chi connectivity index (χ1) is 9.59. The molecule has 0 spiro atoms. The number of hydrogen-bond acceptors (Lipinski definition) is 4. The molecule has 1 aromatic rings. The van der Waals surface area contributed by atoms with Crippen molar-refractivity contribution in [2.24, 2.45) is 0 Å². The number of rotatable bonds is 6. The number of ether oxygens (including phenoxy) is 1. The van der Waals surface area contributed by atoms with Crippen LogP contribution in [-0.2, 0) is 27.1 Å². The molecule has 1 heterocycles. The Bertz CT molecular complexity index is 524. The van der Waals surface area contributed by atoms with Crippen molar-refractivity contribution >= 4 is 10.0 Å². The number of hydrogen-bond donors (Lipinski definition) is 2. The van der Waals surface area contributed by atoms with Crippen molar-refractivity contribution in [3.05, 3.63) is 35.4 Å². The standard InChI is InChI=1S/C14H21NO4S/c16-10-12-4-3-5-13(8-12)11-20(17,18)15-9-14-6-1-2-7-19-14/h3-5,8,14-16H,1-2,6-7,9-11H2. The fourth-order valence-electron chi connectivity index (χ4n) is 2.28. The zero-order valence-corrected chi connectivity index (χ0v) is 12.2. The fraction of sp³-hybridized carbons (Fsp3) is 0.571. The van der Waals surface area contributed by atoms with Gasteiger partial charge in [-0.15, -0.1) is 0 Å². The molecule has 0 amide bonds. The first-order valence-electron chi connectivity index (χ1n) is 6.87. The Morgan fingerprint density at radius 1 is 1.30 bits per heavy atom. The number of nitrogens with one attached hydrogen (secondary N) is 1. The molecule has 1 unspecified atom stereocenters. The van der Waals surface area contributed by atoms with Crippen molar-refractivity contribution in [3.8, 4) is 0 Å². The van der Waals surface area contributed by atoms with E-state index >= 15 is 0 Å². The van der Waals surface area contributed by atoms with E-state index in [4.69, 9.17) is 9.84 Å². The van der Waals surface area contributed by atoms with Gasteiger partial charge in [-0.2, -0.15) is 0 Å². The molecular weight excluding hydrogens is 278 g/mol. The van der Waals surface area contributed by atoms with Gasteiger partial charge in [-0.3, -0.25) is 0 Å². The summed E-state index contributed by atoms with van der Waals surface area (Å²) in [4.78, 5) is 0. The molecule has 0 aromatic heterocycles. The molecule has 1 aliphatic heterocycles. The zero-order chi connectivity index (χ0) is 14.4. The molecule has 112 valence electrons. The van der Waals surface area contributed by atoms with Crippen LogP contribution in [0, 0.1) is 0 Å². The predicted molar refractivity (Wildman–Crippen MR) is 76.6 cm³/mol. The summed E-state index contributed by atoms with van der Waals surface area (Å²) in [5.41, 5.74) is 1.39. The van der Waals surface area contributed by atoms with Crippen LogP contribution >= 0.6 is 0 Å². The van der Waals surface area contributed by atoms with E-state index in [2.05, 4.69) is 4.72 Å². The summed E-state index contributed by atoms with van der Waals surface area (Å²) >= 11 is 0. The van der Waals surface area contributed by atoms with Crippen LogP contribution in [0.1, 0.15) is 30.4 Å². The van der Waals surface area contributed by atoms with Crippen molar-refractivity contribution < 1.29 is 18.3 Å². The van der Waals surface area contributed by atoms with Gasteiger partial charge in [0.05, 0.1) is 18.5 Å². The Morgan fingerprint density at radius 3 is 2.80 bits per heavy atom. The van der Waals surface area contributed by atoms with Crippen LogP contribution in [0.3, 0.4) is 0 Å². The van der Waals surface area contributed by atoms with E-state index in [1.54, 1.807) is 24.3 Å². The van der Waals surface area contributed by atoms with Crippen molar-refractivity contribution in [3.63, 3.8) is 0 Å². The summed E-state index contributed by atoms with van der Waals surface area (Å²) in [6, 6.07) is 6.96. The van der Waals surface area contributed by atoms with E-state index in [0.717, 1.165) is 19.3 Å². The van der Waals surface area contributed by atoms with Crippen LogP contribution in [0.4, 0.5) is 0 Å². The predicted octanol–water partition coefficient (Wildman–Crippen LogP) is 1.17. The van der Waals surface area contributed by atoms with E-state index in [0.29, 0.717) is 24.3 Å². The monoisotopic (exact) mass is 299 g/mol. The number of aliphatic hydroxyl groups excluding tert-OH is 1. The second-order valence-corrected chi connectivity index (χ2v) is 6.88. The normalized spacial score (nSPS) is 19.9. The highest BCUT2D eigenvalue weighted by Gasteiger charge is 2.18. The topological polar surface area (TPSA) is 75.6 Å². The van der Waals surface area contributed by atoms with Gasteiger partial charge in [-0.1, -0.05) is 24.3 Å². The van der Waals surface area contributed by atoms with Crippen LogP contribution in [0.2, 0.25) is 0 Å². The first-order valence-corrected chi connectivity index (χ1v) is 8.52. The maximum atomic E-state index is 12.0. The highest BCUT2D eigenvalue weighted by Crippen LogP contribution is 2.13. The van der Waals surface area contributed by atoms with Crippen molar-refractivity contribution in [2.75, 3.05) is 13.2 Å². The van der Waals surface area contributed by atoms with E-state index in [-0.39, 0.29) is 18.5 Å². The molecule has 0 aliphatic carbocycles. The number of benzene rings is 1. The van der Waals surface area contributed by atoms with Gasteiger partial charge >= 0.3 is 0 Å². The van der Waals surface area contributed by atoms with Crippen LogP contribution < -0.4 is 4.72 Å². The molecule has 6 heteroatoms. The summed E-state index contributed by atoms with van der Waals surface area (Å²) < 4.78 is 32.1. The van der Waals surface area contributed by atoms with Gasteiger partial charge in [0, 0.05) is 13.2 Å². The number of aliphatic hydroxyl groups is 1. The second-order valence-electron chi connectivity index (χ2n) is 5.07. The van der Waals surface area contributed by atoms with Crippen LogP contribution in [0.15, 0.2) is 24.3 Å². The Morgan fingerprint density at radius 2 is 2.10 bits per heavy atom. The van der Waals surface area contributed by atoms with Crippen LogP contribution in [0.25, 0.3) is 0 Å². The average molecular weight is 299 g/mol. The molecule has 20 heavy (non-hydrogen) atoms. The third kappa shape index (κ3) is 4.86. The van der Waals surface area contributed by atoms with Gasteiger partial charge in [-0.25, -0.2) is 13.1 Å². The Hall–Kier alpha value is -0.950. The summed E-state index contributed by atoms with van der Waals surface area (Å²) in [6.45, 7) is 0.962. The van der Waals surface area contributed by atoms with Crippen molar-refractivity contribution in [1.29, 1.82) is 0 Å². The van der Waals surface area contributed by atoms with Crippen LogP contribution in [0.5, 0.6) is 0 Å². The minimum atomic E-state index is -3.37. The van der Waals surface area contributed by atoms with Crippen LogP contribution in [-0.4, -0.2) is 32.8 Å². The zero-order valence-electron chi connectivity index (χ0n) is 11.4. The minimum absolute atomic E-state index is 0.0118. The van der Waals surface area contributed by atoms with Gasteiger partial charge in [0.1, 0.15) is 0 Å². The Kier molecular flexibility index (Phi) is 5.54. The van der Waals surface area contributed by atoms with Gasteiger partial charge in [0.2, 0.25) is 10.0 Å². The van der Waals surface area contributed by atoms with E-state index in [1.807, 2.05) is 0 Å². The van der Waals surface area contributed by atoms with Gasteiger partial charge in [0.25, 0.3) is 0 Å². The molecule has 0 bridgehead atoms. The lowest BCUT2D eigenvalue weighted by molar-refractivity contribution is 0.0200. The third-order valence-corrected chi connectivity index (χ3v) is 4.66. The SMILES string of the molecule is O=S(=O)(Cc1cccc(CO)c1)NCC1CCCCO1. The highest BCUT2D eigenvalue weighted by molar-refractivity contribution is 7.88. The molecule has 5 nitrogen and oxygen atoms in total. The summed E-state index contributed by atoms with van der Waals surface area (Å²) in [5.74, 6) is -0.0758. The smallest absolute Gasteiger partial charge is 0.215 e. The van der Waals surface area contributed by atoms with E-state index < -0.39 is 10.0 Å². The van der Waals surface area contributed by atoms with Gasteiger partial charge in [0.15, 0.2) is 0 Å². The maximum absolute atomic E-state index is 12.0. The van der Waals surface area contributed by atoms with Gasteiger partial charge < -0.3 is 9.84 Å². The molecule has 1 fully saturated rings. The van der Waals surface area contributed by atoms with E-state index in [1.165, 1.54) is 0 Å². The molecule has 1 saturated heterocycles. The number of sulfonamides is 1. The van der Waals surface area contributed by atoms with E-state index in [9.17, 15) is 8.42 Å². The molecule has 2 rings (SSSR count). The largest absolute Gasteiger partial charge is 0.392 e. The van der Waals surface area contributed by atoms with Gasteiger partial charge in [-0.05, 0) is 30.4 Å². The minimum Gasteiger partial charge on any atom is -0.392 e. The lowest BCUT2D eigenvalue weighted by atomic mass is 10.1. The summed E-state index contributed by atoms with van der Waals surface area (Å²) in [6.07, 6.45) is 3.03. The molecule has 1 atom stereocenters. The fourth-order valence-corrected chi connectivity index (χ4v) is 3.44.